The van der Waals surface area contributed by atoms with Crippen LogP contribution in [0.15, 0.2) is 40.3 Å². The summed E-state index contributed by atoms with van der Waals surface area (Å²) in [5, 5.41) is 4.25. The molecule has 3 heterocycles. The summed E-state index contributed by atoms with van der Waals surface area (Å²) >= 11 is 2.93. The molecule has 2 aliphatic rings. The predicted octanol–water partition coefficient (Wildman–Crippen LogP) is 3.32. The number of hydrogen-bond acceptors (Lipinski definition) is 6. The van der Waals surface area contributed by atoms with Gasteiger partial charge in [0.05, 0.1) is 22.9 Å². The molecule has 0 radical (unpaired) electrons. The molecule has 1 N–H and O–H groups in total. The van der Waals surface area contributed by atoms with Crippen molar-refractivity contribution in [2.75, 3.05) is 18.9 Å². The molecule has 1 aliphatic heterocycles. The molecule has 1 saturated heterocycles. The van der Waals surface area contributed by atoms with Gasteiger partial charge in [0, 0.05) is 18.0 Å². The monoisotopic (exact) mass is 441 g/mol. The topological polar surface area (TPSA) is 73.2 Å². The number of benzene rings is 1. The quantitative estimate of drug-likeness (QED) is 0.469. The van der Waals surface area contributed by atoms with E-state index in [4.69, 9.17) is 9.72 Å². The van der Waals surface area contributed by atoms with Crippen LogP contribution in [0.2, 0.25) is 0 Å². The van der Waals surface area contributed by atoms with Crippen molar-refractivity contribution >= 4 is 39.2 Å². The number of fused-ring (bicyclic) bond motifs is 3. The Kier molecular flexibility index (Phi) is 5.62. The summed E-state index contributed by atoms with van der Waals surface area (Å²) in [7, 11) is 0. The summed E-state index contributed by atoms with van der Waals surface area (Å²) in [6.07, 6.45) is 5.22. The van der Waals surface area contributed by atoms with Gasteiger partial charge in [0.2, 0.25) is 5.91 Å². The van der Waals surface area contributed by atoms with Gasteiger partial charge in [-0.05, 0) is 49.8 Å². The Balaban J connectivity index is 1.44. The van der Waals surface area contributed by atoms with E-state index >= 15 is 0 Å². The van der Waals surface area contributed by atoms with E-state index in [0.29, 0.717) is 11.7 Å². The molecule has 1 aliphatic carbocycles. The second-order valence-electron chi connectivity index (χ2n) is 7.64. The van der Waals surface area contributed by atoms with Gasteiger partial charge in [0.15, 0.2) is 5.16 Å². The van der Waals surface area contributed by atoms with Crippen LogP contribution in [0, 0.1) is 0 Å². The molecule has 1 fully saturated rings. The third-order valence-electron chi connectivity index (χ3n) is 5.61. The van der Waals surface area contributed by atoms with Gasteiger partial charge in [-0.1, -0.05) is 30.0 Å². The number of hydrogen-bond donors (Lipinski definition) is 1. The summed E-state index contributed by atoms with van der Waals surface area (Å²) in [6, 6.07) is 9.56. The van der Waals surface area contributed by atoms with Crippen molar-refractivity contribution in [1.29, 1.82) is 0 Å². The molecule has 0 unspecified atom stereocenters. The van der Waals surface area contributed by atoms with E-state index in [9.17, 15) is 9.59 Å². The van der Waals surface area contributed by atoms with Crippen molar-refractivity contribution in [2.24, 2.45) is 0 Å². The number of thioether (sulfide) groups is 1. The van der Waals surface area contributed by atoms with Crippen molar-refractivity contribution in [3.8, 4) is 5.69 Å². The molecule has 0 spiro atoms. The minimum absolute atomic E-state index is 0.0344. The molecule has 8 heteroatoms. The SMILES string of the molecule is O=C(CSc1nc2sc3c(c2c(=O)n1-c1ccccc1)CCC3)NC[C@H]1CCCO1. The number of aryl methyl sites for hydroxylation is 2. The van der Waals surface area contributed by atoms with Crippen LogP contribution in [0.1, 0.15) is 29.7 Å². The van der Waals surface area contributed by atoms with E-state index in [1.54, 1.807) is 15.9 Å². The second kappa shape index (κ2) is 8.53. The van der Waals surface area contributed by atoms with Crippen LogP contribution in [-0.2, 0) is 22.4 Å². The summed E-state index contributed by atoms with van der Waals surface area (Å²) in [6.45, 7) is 1.31. The van der Waals surface area contributed by atoms with Gasteiger partial charge in [0.25, 0.3) is 5.56 Å². The molecule has 5 rings (SSSR count). The smallest absolute Gasteiger partial charge is 0.267 e. The van der Waals surface area contributed by atoms with Gasteiger partial charge >= 0.3 is 0 Å². The lowest BCUT2D eigenvalue weighted by atomic mass is 10.2. The van der Waals surface area contributed by atoms with Crippen LogP contribution in [0.4, 0.5) is 0 Å². The first-order valence-corrected chi connectivity index (χ1v) is 12.1. The number of thiophene rings is 1. The Morgan fingerprint density at radius 3 is 2.93 bits per heavy atom. The van der Waals surface area contributed by atoms with Crippen LogP contribution < -0.4 is 10.9 Å². The van der Waals surface area contributed by atoms with E-state index in [2.05, 4.69) is 5.32 Å². The predicted molar refractivity (Wildman–Crippen MR) is 120 cm³/mol. The molecular weight excluding hydrogens is 418 g/mol. The van der Waals surface area contributed by atoms with E-state index < -0.39 is 0 Å². The lowest BCUT2D eigenvalue weighted by Gasteiger charge is -2.13. The number of carbonyl (C=O) groups is 1. The Morgan fingerprint density at radius 1 is 1.27 bits per heavy atom. The zero-order chi connectivity index (χ0) is 20.5. The van der Waals surface area contributed by atoms with Crippen LogP contribution >= 0.6 is 23.1 Å². The van der Waals surface area contributed by atoms with E-state index in [0.717, 1.165) is 54.6 Å². The molecule has 156 valence electrons. The number of para-hydroxylation sites is 1. The molecular formula is C22H23N3O3S2. The molecule has 1 aromatic carbocycles. The highest BCUT2D eigenvalue weighted by Gasteiger charge is 2.24. The first-order valence-electron chi connectivity index (χ1n) is 10.3. The standard InChI is InChI=1S/C22H23N3O3S2/c26-18(23-12-15-8-5-11-28-15)13-29-22-24-20-19(16-9-4-10-17(16)30-20)21(27)25(22)14-6-2-1-3-7-14/h1-3,6-7,15H,4-5,8-13H2,(H,23,26)/t15-/m1/s1. The highest BCUT2D eigenvalue weighted by molar-refractivity contribution is 7.99. The van der Waals surface area contributed by atoms with Crippen molar-refractivity contribution in [3.63, 3.8) is 0 Å². The van der Waals surface area contributed by atoms with Crippen LogP contribution in [0.5, 0.6) is 0 Å². The van der Waals surface area contributed by atoms with Gasteiger partial charge < -0.3 is 10.1 Å². The van der Waals surface area contributed by atoms with Crippen molar-refractivity contribution in [1.82, 2.24) is 14.9 Å². The van der Waals surface area contributed by atoms with E-state index in [1.807, 2.05) is 30.3 Å². The van der Waals surface area contributed by atoms with E-state index in [-0.39, 0.29) is 23.3 Å². The third kappa shape index (κ3) is 3.79. The first kappa shape index (κ1) is 19.8. The van der Waals surface area contributed by atoms with E-state index in [1.165, 1.54) is 22.2 Å². The Morgan fingerprint density at radius 2 is 2.13 bits per heavy atom. The van der Waals surface area contributed by atoms with Crippen LogP contribution in [0.3, 0.4) is 0 Å². The Labute approximate surface area is 182 Å². The zero-order valence-corrected chi connectivity index (χ0v) is 18.2. The number of nitrogens with zero attached hydrogens (tertiary/aromatic N) is 2. The average molecular weight is 442 g/mol. The van der Waals surface area contributed by atoms with Gasteiger partial charge in [-0.25, -0.2) is 4.98 Å². The number of nitrogens with one attached hydrogen (secondary N) is 1. The minimum atomic E-state index is -0.0712. The summed E-state index contributed by atoms with van der Waals surface area (Å²) in [4.78, 5) is 32.8. The zero-order valence-electron chi connectivity index (χ0n) is 16.6. The molecule has 3 aromatic rings. The van der Waals surface area contributed by atoms with Crippen LogP contribution in [0.25, 0.3) is 15.9 Å². The number of carbonyl (C=O) groups excluding carboxylic acids is 1. The summed E-state index contributed by atoms with van der Waals surface area (Å²) in [5.74, 6) is 0.140. The fraction of sp³-hybridized carbons (Fsp3) is 0.409. The number of amides is 1. The number of ether oxygens (including phenoxy) is 1. The largest absolute Gasteiger partial charge is 0.376 e. The fourth-order valence-corrected chi connectivity index (χ4v) is 6.29. The Hall–Kier alpha value is -2.16. The van der Waals surface area contributed by atoms with Crippen molar-refractivity contribution in [2.45, 2.75) is 43.4 Å². The highest BCUT2D eigenvalue weighted by Crippen LogP contribution is 2.36. The fourth-order valence-electron chi connectivity index (χ4n) is 4.14. The van der Waals surface area contributed by atoms with Crippen molar-refractivity contribution < 1.29 is 9.53 Å². The van der Waals surface area contributed by atoms with Gasteiger partial charge in [-0.15, -0.1) is 11.3 Å². The molecule has 0 saturated carbocycles. The molecule has 6 nitrogen and oxygen atoms in total. The second-order valence-corrected chi connectivity index (χ2v) is 9.66. The molecule has 2 aromatic heterocycles. The number of rotatable bonds is 6. The van der Waals surface area contributed by atoms with Crippen molar-refractivity contribution in [3.05, 3.63) is 51.1 Å². The maximum Gasteiger partial charge on any atom is 0.267 e. The third-order valence-corrected chi connectivity index (χ3v) is 7.73. The van der Waals surface area contributed by atoms with Crippen LogP contribution in [-0.4, -0.2) is 40.5 Å². The minimum Gasteiger partial charge on any atom is -0.376 e. The summed E-state index contributed by atoms with van der Waals surface area (Å²) in [5.41, 5.74) is 1.91. The summed E-state index contributed by atoms with van der Waals surface area (Å²) < 4.78 is 7.22. The van der Waals surface area contributed by atoms with Gasteiger partial charge in [-0.2, -0.15) is 0 Å². The normalized spacial score (nSPS) is 18.1. The Bertz CT molecular complexity index is 1130. The molecule has 0 bridgehead atoms. The van der Waals surface area contributed by atoms with Gasteiger partial charge in [0.1, 0.15) is 4.83 Å². The molecule has 1 amide bonds. The first-order chi connectivity index (χ1) is 14.7. The molecule has 1 atom stereocenters. The van der Waals surface area contributed by atoms with Gasteiger partial charge in [-0.3, -0.25) is 14.2 Å². The molecule has 30 heavy (non-hydrogen) atoms. The maximum atomic E-state index is 13.5. The lowest BCUT2D eigenvalue weighted by molar-refractivity contribution is -0.119. The average Bonchev–Trinajstić information content (AvgIpc) is 3.48. The highest BCUT2D eigenvalue weighted by atomic mass is 32.2. The number of aromatic nitrogens is 2. The lowest BCUT2D eigenvalue weighted by Crippen LogP contribution is -2.33. The maximum absolute atomic E-state index is 13.5.